The van der Waals surface area contributed by atoms with E-state index in [0.717, 1.165) is 17.6 Å². The zero-order valence-electron chi connectivity index (χ0n) is 13.6. The second-order valence-electron chi connectivity index (χ2n) is 6.18. The van der Waals surface area contributed by atoms with E-state index in [4.69, 9.17) is 0 Å². The monoisotopic (exact) mass is 312 g/mol. The molecule has 0 bridgehead atoms. The summed E-state index contributed by atoms with van der Waals surface area (Å²) in [6.45, 7) is 9.48. The Labute approximate surface area is 131 Å². The average Bonchev–Trinajstić information content (AvgIpc) is 2.82. The standard InChI is InChI=1S/C15H28N4OS/c1-5-11-7-8-12(16-6-2)13(9-11)21-15-18-17-14(20)19(15)10(3)4/h10-13,16H,5-9H2,1-4H3,(H,17,20). The highest BCUT2D eigenvalue weighted by atomic mass is 32.2. The lowest BCUT2D eigenvalue weighted by atomic mass is 9.84. The van der Waals surface area contributed by atoms with Gasteiger partial charge in [-0.1, -0.05) is 32.0 Å². The van der Waals surface area contributed by atoms with Crippen molar-refractivity contribution in [2.24, 2.45) is 5.92 Å². The quantitative estimate of drug-likeness (QED) is 0.848. The number of aromatic nitrogens is 3. The van der Waals surface area contributed by atoms with E-state index in [1.165, 1.54) is 25.7 Å². The predicted octanol–water partition coefficient (Wildman–Crippen LogP) is 2.80. The van der Waals surface area contributed by atoms with Crippen LogP contribution >= 0.6 is 11.8 Å². The summed E-state index contributed by atoms with van der Waals surface area (Å²) >= 11 is 1.77. The minimum Gasteiger partial charge on any atom is -0.313 e. The van der Waals surface area contributed by atoms with Crippen molar-refractivity contribution in [3.8, 4) is 0 Å². The maximum Gasteiger partial charge on any atom is 0.344 e. The van der Waals surface area contributed by atoms with E-state index in [0.29, 0.717) is 11.3 Å². The number of thioether (sulfide) groups is 1. The Hall–Kier alpha value is -0.750. The van der Waals surface area contributed by atoms with Gasteiger partial charge in [0.1, 0.15) is 0 Å². The summed E-state index contributed by atoms with van der Waals surface area (Å²) in [6.07, 6.45) is 4.98. The third-order valence-electron chi connectivity index (χ3n) is 4.39. The smallest absolute Gasteiger partial charge is 0.313 e. The number of nitrogens with zero attached hydrogens (tertiary/aromatic N) is 2. The maximum atomic E-state index is 11.9. The fourth-order valence-corrected chi connectivity index (χ4v) is 4.71. The van der Waals surface area contributed by atoms with Crippen LogP contribution in [0.1, 0.15) is 59.4 Å². The number of H-pyrrole nitrogens is 1. The van der Waals surface area contributed by atoms with Crippen molar-refractivity contribution in [3.05, 3.63) is 10.5 Å². The molecule has 1 saturated carbocycles. The van der Waals surface area contributed by atoms with Gasteiger partial charge in [0.15, 0.2) is 5.16 Å². The summed E-state index contributed by atoms with van der Waals surface area (Å²) in [4.78, 5) is 11.9. The molecule has 0 aromatic carbocycles. The minimum absolute atomic E-state index is 0.102. The van der Waals surface area contributed by atoms with Crippen molar-refractivity contribution in [2.75, 3.05) is 6.54 Å². The summed E-state index contributed by atoms with van der Waals surface area (Å²) in [5.74, 6) is 0.801. The van der Waals surface area contributed by atoms with Gasteiger partial charge >= 0.3 is 5.69 Å². The van der Waals surface area contributed by atoms with Crippen LogP contribution in [0.25, 0.3) is 0 Å². The molecule has 120 valence electrons. The van der Waals surface area contributed by atoms with E-state index in [2.05, 4.69) is 29.4 Å². The lowest BCUT2D eigenvalue weighted by Crippen LogP contribution is -2.42. The van der Waals surface area contributed by atoms with Crippen molar-refractivity contribution in [1.82, 2.24) is 20.1 Å². The first-order valence-corrected chi connectivity index (χ1v) is 9.01. The summed E-state index contributed by atoms with van der Waals surface area (Å²) in [6, 6.07) is 0.664. The molecule has 1 heterocycles. The molecule has 0 amide bonds. The highest BCUT2D eigenvalue weighted by Crippen LogP contribution is 2.37. The van der Waals surface area contributed by atoms with Gasteiger partial charge in [-0.25, -0.2) is 9.89 Å². The van der Waals surface area contributed by atoms with Crippen LogP contribution in [0, 0.1) is 5.92 Å². The molecule has 21 heavy (non-hydrogen) atoms. The summed E-state index contributed by atoms with van der Waals surface area (Å²) < 4.78 is 1.77. The van der Waals surface area contributed by atoms with E-state index >= 15 is 0 Å². The third kappa shape index (κ3) is 3.92. The number of rotatable bonds is 6. The summed E-state index contributed by atoms with van der Waals surface area (Å²) in [7, 11) is 0. The topological polar surface area (TPSA) is 62.7 Å². The molecular weight excluding hydrogens is 284 g/mol. The van der Waals surface area contributed by atoms with Gasteiger partial charge in [-0.3, -0.25) is 4.57 Å². The lowest BCUT2D eigenvalue weighted by Gasteiger charge is -2.35. The van der Waals surface area contributed by atoms with Crippen LogP contribution < -0.4 is 11.0 Å². The van der Waals surface area contributed by atoms with Gasteiger partial charge in [0.25, 0.3) is 0 Å². The van der Waals surface area contributed by atoms with Crippen molar-refractivity contribution >= 4 is 11.8 Å². The van der Waals surface area contributed by atoms with Crippen LogP contribution in [-0.2, 0) is 0 Å². The molecule has 2 rings (SSSR count). The molecule has 5 nitrogen and oxygen atoms in total. The fourth-order valence-electron chi connectivity index (χ4n) is 3.17. The van der Waals surface area contributed by atoms with Crippen molar-refractivity contribution in [1.29, 1.82) is 0 Å². The highest BCUT2D eigenvalue weighted by Gasteiger charge is 2.31. The van der Waals surface area contributed by atoms with E-state index in [1.807, 2.05) is 13.8 Å². The van der Waals surface area contributed by atoms with Gasteiger partial charge in [-0.2, -0.15) is 0 Å². The minimum atomic E-state index is -0.102. The van der Waals surface area contributed by atoms with E-state index in [-0.39, 0.29) is 11.7 Å². The van der Waals surface area contributed by atoms with Crippen molar-refractivity contribution in [2.45, 2.75) is 75.9 Å². The first-order valence-electron chi connectivity index (χ1n) is 8.13. The second kappa shape index (κ2) is 7.49. The van der Waals surface area contributed by atoms with Crippen LogP contribution in [0.2, 0.25) is 0 Å². The maximum absolute atomic E-state index is 11.9. The summed E-state index contributed by atoms with van der Waals surface area (Å²) in [5, 5.41) is 11.8. The van der Waals surface area contributed by atoms with Crippen LogP contribution in [0.5, 0.6) is 0 Å². The first kappa shape index (κ1) is 16.6. The Kier molecular flexibility index (Phi) is 5.93. The molecule has 0 radical (unpaired) electrons. The number of nitrogens with one attached hydrogen (secondary N) is 2. The second-order valence-corrected chi connectivity index (χ2v) is 7.39. The van der Waals surface area contributed by atoms with Crippen LogP contribution in [-0.4, -0.2) is 32.6 Å². The highest BCUT2D eigenvalue weighted by molar-refractivity contribution is 7.99. The fraction of sp³-hybridized carbons (Fsp3) is 0.867. The zero-order valence-corrected chi connectivity index (χ0v) is 14.4. The van der Waals surface area contributed by atoms with Gasteiger partial charge in [0.2, 0.25) is 0 Å². The average molecular weight is 312 g/mol. The normalized spacial score (nSPS) is 26.4. The van der Waals surface area contributed by atoms with Gasteiger partial charge in [0, 0.05) is 17.3 Å². The Balaban J connectivity index is 2.16. The first-order chi connectivity index (χ1) is 10.1. The predicted molar refractivity (Wildman–Crippen MR) is 88.0 cm³/mol. The Morgan fingerprint density at radius 2 is 2.19 bits per heavy atom. The molecule has 1 aliphatic carbocycles. The molecule has 1 aromatic rings. The molecule has 3 unspecified atom stereocenters. The van der Waals surface area contributed by atoms with Crippen molar-refractivity contribution < 1.29 is 0 Å². The Morgan fingerprint density at radius 3 is 2.81 bits per heavy atom. The van der Waals surface area contributed by atoms with Gasteiger partial charge in [0.05, 0.1) is 0 Å². The molecule has 3 atom stereocenters. The molecule has 1 aromatic heterocycles. The van der Waals surface area contributed by atoms with Gasteiger partial charge in [-0.05, 0) is 45.6 Å². The Morgan fingerprint density at radius 1 is 1.43 bits per heavy atom. The molecule has 2 N–H and O–H groups in total. The molecule has 0 saturated heterocycles. The SMILES string of the molecule is CCNC1CCC(CC)CC1Sc1n[nH]c(=O)n1C(C)C. The van der Waals surface area contributed by atoms with E-state index in [9.17, 15) is 4.79 Å². The summed E-state index contributed by atoms with van der Waals surface area (Å²) in [5.41, 5.74) is -0.102. The molecule has 6 heteroatoms. The Bertz CT molecular complexity index is 496. The van der Waals surface area contributed by atoms with Crippen molar-refractivity contribution in [3.63, 3.8) is 0 Å². The third-order valence-corrected chi connectivity index (χ3v) is 5.71. The number of hydrogen-bond donors (Lipinski definition) is 2. The molecule has 1 fully saturated rings. The van der Waals surface area contributed by atoms with Gasteiger partial charge in [-0.15, -0.1) is 5.10 Å². The lowest BCUT2D eigenvalue weighted by molar-refractivity contribution is 0.297. The molecule has 0 aliphatic heterocycles. The zero-order chi connectivity index (χ0) is 15.4. The van der Waals surface area contributed by atoms with E-state index < -0.39 is 0 Å². The van der Waals surface area contributed by atoms with Gasteiger partial charge < -0.3 is 5.32 Å². The molecular formula is C15H28N4OS. The van der Waals surface area contributed by atoms with Crippen LogP contribution in [0.15, 0.2) is 9.95 Å². The largest absolute Gasteiger partial charge is 0.344 e. The van der Waals surface area contributed by atoms with Crippen LogP contribution in [0.4, 0.5) is 0 Å². The molecule has 0 spiro atoms. The number of aromatic amines is 1. The number of hydrogen-bond acceptors (Lipinski definition) is 4. The molecule has 1 aliphatic rings. The van der Waals surface area contributed by atoms with E-state index in [1.54, 1.807) is 16.3 Å². The van der Waals surface area contributed by atoms with Crippen LogP contribution in [0.3, 0.4) is 0 Å².